The van der Waals surface area contributed by atoms with Gasteiger partial charge in [0, 0.05) is 30.9 Å². The van der Waals surface area contributed by atoms with Crippen LogP contribution >= 0.6 is 0 Å². The van der Waals surface area contributed by atoms with Gasteiger partial charge in [0.1, 0.15) is 0 Å². The van der Waals surface area contributed by atoms with Crippen molar-refractivity contribution in [2.45, 2.75) is 12.8 Å². The van der Waals surface area contributed by atoms with Gasteiger partial charge in [0.15, 0.2) is 0 Å². The van der Waals surface area contributed by atoms with Crippen LogP contribution in [0.3, 0.4) is 0 Å². The summed E-state index contributed by atoms with van der Waals surface area (Å²) in [7, 11) is 0. The zero-order valence-electron chi connectivity index (χ0n) is 16.7. The number of anilines is 1. The van der Waals surface area contributed by atoms with E-state index in [1.54, 1.807) is 12.1 Å². The molecule has 0 radical (unpaired) electrons. The highest BCUT2D eigenvalue weighted by atomic mass is 16.6. The molecule has 0 unspecified atom stereocenters. The van der Waals surface area contributed by atoms with Gasteiger partial charge in [0.25, 0.3) is 5.69 Å². The molecule has 0 aromatic heterocycles. The van der Waals surface area contributed by atoms with Crippen LogP contribution < -0.4 is 5.43 Å². The second kappa shape index (κ2) is 9.37. The minimum absolute atomic E-state index is 0.105. The largest absolute Gasteiger partial charge is 0.378 e. The fourth-order valence-corrected chi connectivity index (χ4v) is 3.80. The lowest BCUT2D eigenvalue weighted by Gasteiger charge is -2.31. The number of rotatable bonds is 6. The zero-order valence-corrected chi connectivity index (χ0v) is 16.7. The van der Waals surface area contributed by atoms with Crippen molar-refractivity contribution >= 4 is 23.7 Å². The van der Waals surface area contributed by atoms with Crippen LogP contribution in [0.15, 0.2) is 76.5 Å². The Bertz CT molecular complexity index is 993. The smallest absolute Gasteiger partial charge is 0.270 e. The maximum atomic E-state index is 11.1. The Morgan fingerprint density at radius 3 is 2.63 bits per heavy atom. The lowest BCUT2D eigenvalue weighted by molar-refractivity contribution is -0.384. The lowest BCUT2D eigenvalue weighted by atomic mass is 10.1. The van der Waals surface area contributed by atoms with E-state index in [4.69, 9.17) is 4.74 Å². The van der Waals surface area contributed by atoms with Crippen LogP contribution in [0, 0.1) is 10.1 Å². The third kappa shape index (κ3) is 4.75. The van der Waals surface area contributed by atoms with Gasteiger partial charge in [-0.25, -0.2) is 0 Å². The molecule has 2 aliphatic rings. The molecule has 0 amide bonds. The predicted molar refractivity (Wildman–Crippen MR) is 118 cm³/mol. The molecule has 0 bridgehead atoms. The van der Waals surface area contributed by atoms with Crippen molar-refractivity contribution in [3.63, 3.8) is 0 Å². The van der Waals surface area contributed by atoms with Gasteiger partial charge in [-0.3, -0.25) is 15.5 Å². The summed E-state index contributed by atoms with van der Waals surface area (Å²) in [6.07, 6.45) is 5.71. The second-order valence-electron chi connectivity index (χ2n) is 7.23. The number of para-hydroxylation sites is 1. The fourth-order valence-electron chi connectivity index (χ4n) is 3.80. The highest BCUT2D eigenvalue weighted by Crippen LogP contribution is 2.35. The zero-order chi connectivity index (χ0) is 20.8. The Labute approximate surface area is 175 Å². The van der Waals surface area contributed by atoms with E-state index in [0.717, 1.165) is 42.8 Å². The quantitative estimate of drug-likeness (QED) is 0.437. The maximum absolute atomic E-state index is 11.1. The first kappa shape index (κ1) is 19.8. The molecule has 7 nitrogen and oxygen atoms in total. The number of nitrogens with one attached hydrogen (secondary N) is 1. The monoisotopic (exact) mass is 404 g/mol. The first-order valence-electron chi connectivity index (χ1n) is 10.1. The summed E-state index contributed by atoms with van der Waals surface area (Å²) in [5.41, 5.74) is 8.47. The molecule has 1 fully saturated rings. The minimum Gasteiger partial charge on any atom is -0.378 e. The van der Waals surface area contributed by atoms with Crippen LogP contribution in [0.2, 0.25) is 0 Å². The number of hydrogen-bond acceptors (Lipinski definition) is 6. The summed E-state index contributed by atoms with van der Waals surface area (Å²) in [6.45, 7) is 3.04. The molecule has 154 valence electrons. The molecule has 0 saturated carbocycles. The number of hydrazone groups is 1. The highest BCUT2D eigenvalue weighted by molar-refractivity contribution is 5.84. The van der Waals surface area contributed by atoms with E-state index >= 15 is 0 Å². The molecular formula is C23H24N4O3. The first-order chi connectivity index (χ1) is 14.7. The average molecular weight is 404 g/mol. The highest BCUT2D eigenvalue weighted by Gasteiger charge is 2.25. The number of non-ortho nitro benzene ring substituents is 1. The molecule has 1 N–H and O–H groups in total. The topological polar surface area (TPSA) is 80.0 Å². The number of nitrogens with zero attached hydrogens (tertiary/aromatic N) is 3. The van der Waals surface area contributed by atoms with E-state index < -0.39 is 0 Å². The molecule has 30 heavy (non-hydrogen) atoms. The summed E-state index contributed by atoms with van der Waals surface area (Å²) in [5.74, 6) is 0. The molecule has 1 aliphatic heterocycles. The van der Waals surface area contributed by atoms with Crippen molar-refractivity contribution in [2.75, 3.05) is 31.7 Å². The van der Waals surface area contributed by atoms with Gasteiger partial charge in [0.05, 0.1) is 30.0 Å². The number of allylic oxidation sites excluding steroid dienone is 2. The van der Waals surface area contributed by atoms with Crippen LogP contribution in [-0.4, -0.2) is 42.3 Å². The number of benzene rings is 2. The molecule has 2 aromatic rings. The Morgan fingerprint density at radius 2 is 1.87 bits per heavy atom. The van der Waals surface area contributed by atoms with Crippen molar-refractivity contribution in [3.8, 4) is 0 Å². The third-order valence-electron chi connectivity index (χ3n) is 5.21. The lowest BCUT2D eigenvalue weighted by Crippen LogP contribution is -2.36. The average Bonchev–Trinajstić information content (AvgIpc) is 3.17. The summed E-state index contributed by atoms with van der Waals surface area (Å²) in [5, 5.41) is 15.6. The van der Waals surface area contributed by atoms with E-state index in [9.17, 15) is 10.1 Å². The van der Waals surface area contributed by atoms with Gasteiger partial charge in [-0.1, -0.05) is 30.3 Å². The van der Waals surface area contributed by atoms with E-state index in [2.05, 4.69) is 21.5 Å². The van der Waals surface area contributed by atoms with Gasteiger partial charge >= 0.3 is 0 Å². The molecule has 2 aromatic carbocycles. The van der Waals surface area contributed by atoms with Gasteiger partial charge < -0.3 is 9.64 Å². The summed E-state index contributed by atoms with van der Waals surface area (Å²) in [4.78, 5) is 13.1. The van der Waals surface area contributed by atoms with E-state index in [0.29, 0.717) is 13.2 Å². The van der Waals surface area contributed by atoms with Crippen LogP contribution in [0.5, 0.6) is 0 Å². The molecule has 0 atom stereocenters. The number of nitro groups is 1. The van der Waals surface area contributed by atoms with Gasteiger partial charge in [0.2, 0.25) is 0 Å². The minimum atomic E-state index is -0.358. The van der Waals surface area contributed by atoms with Crippen molar-refractivity contribution in [1.82, 2.24) is 4.90 Å². The summed E-state index contributed by atoms with van der Waals surface area (Å²) < 4.78 is 5.52. The normalized spacial score (nSPS) is 18.4. The summed E-state index contributed by atoms with van der Waals surface area (Å²) >= 11 is 0. The number of hydrogen-bond donors (Lipinski definition) is 1. The number of ether oxygens (including phenoxy) is 1. The Balaban J connectivity index is 1.63. The van der Waals surface area contributed by atoms with Crippen LogP contribution in [0.25, 0.3) is 6.08 Å². The molecule has 1 heterocycles. The number of morpholine rings is 1. The van der Waals surface area contributed by atoms with E-state index in [1.807, 2.05) is 42.6 Å². The molecule has 1 saturated heterocycles. The van der Waals surface area contributed by atoms with Crippen molar-refractivity contribution in [2.24, 2.45) is 5.10 Å². The maximum Gasteiger partial charge on any atom is 0.270 e. The second-order valence-corrected chi connectivity index (χ2v) is 7.23. The van der Waals surface area contributed by atoms with E-state index in [1.165, 1.54) is 17.3 Å². The molecular weight excluding hydrogens is 380 g/mol. The van der Waals surface area contributed by atoms with Gasteiger partial charge in [-0.05, 0) is 47.8 Å². The summed E-state index contributed by atoms with van der Waals surface area (Å²) in [6, 6.07) is 16.6. The standard InChI is InChI=1S/C23H24N4O3/c28-27(29)22-8-4-5-18(16-22)15-19-9-10-20(23(19)26-11-13-30-14-12-26)17-24-25-21-6-2-1-3-7-21/h1-8,15-17,25H,9-14H2/b19-15+,24-17+. The van der Waals surface area contributed by atoms with Crippen LogP contribution in [0.1, 0.15) is 18.4 Å². The number of nitro benzene ring substituents is 1. The Kier molecular flexibility index (Phi) is 6.20. The Morgan fingerprint density at radius 1 is 1.07 bits per heavy atom. The van der Waals surface area contributed by atoms with Crippen LogP contribution in [-0.2, 0) is 4.74 Å². The first-order valence-corrected chi connectivity index (χ1v) is 10.1. The fraction of sp³-hybridized carbons (Fsp3) is 0.261. The van der Waals surface area contributed by atoms with Gasteiger partial charge in [-0.2, -0.15) is 5.10 Å². The van der Waals surface area contributed by atoms with E-state index in [-0.39, 0.29) is 10.6 Å². The Hall–Kier alpha value is -3.45. The molecule has 1 aliphatic carbocycles. The SMILES string of the molecule is O=[N+]([O-])c1cccc(/C=C2\CCC(/C=N/Nc3ccccc3)=C2N2CCOCC2)c1. The molecule has 0 spiro atoms. The van der Waals surface area contributed by atoms with Crippen molar-refractivity contribution in [1.29, 1.82) is 0 Å². The van der Waals surface area contributed by atoms with Crippen molar-refractivity contribution in [3.05, 3.63) is 87.1 Å². The van der Waals surface area contributed by atoms with Crippen LogP contribution in [0.4, 0.5) is 11.4 Å². The van der Waals surface area contributed by atoms with Gasteiger partial charge in [-0.15, -0.1) is 0 Å². The molecule has 7 heteroatoms. The van der Waals surface area contributed by atoms with Crippen molar-refractivity contribution < 1.29 is 9.66 Å². The molecule has 4 rings (SSSR count). The predicted octanol–water partition coefficient (Wildman–Crippen LogP) is 4.46. The third-order valence-corrected chi connectivity index (χ3v) is 5.21.